The van der Waals surface area contributed by atoms with Gasteiger partial charge in [0.2, 0.25) is 0 Å². The number of halogens is 1. The Morgan fingerprint density at radius 1 is 1.12 bits per heavy atom. The van der Waals surface area contributed by atoms with Gasteiger partial charge < -0.3 is 10.6 Å². The summed E-state index contributed by atoms with van der Waals surface area (Å²) in [4.78, 5) is 29.2. The van der Waals surface area contributed by atoms with Crippen LogP contribution < -0.4 is 16.0 Å². The molecule has 9 heteroatoms. The second-order valence-corrected chi connectivity index (χ2v) is 7.22. The molecule has 0 spiro atoms. The third-order valence-electron chi connectivity index (χ3n) is 3.04. The van der Waals surface area contributed by atoms with Crippen molar-refractivity contribution in [2.45, 2.75) is 6.54 Å². The van der Waals surface area contributed by atoms with Crippen molar-refractivity contribution in [1.29, 1.82) is 0 Å². The van der Waals surface area contributed by atoms with Crippen LogP contribution in [0.2, 0.25) is 5.02 Å². The highest BCUT2D eigenvalue weighted by molar-refractivity contribution is 7.14. The molecule has 3 amide bonds. The first kappa shape index (κ1) is 17.4. The Labute approximate surface area is 156 Å². The molecule has 0 saturated heterocycles. The van der Waals surface area contributed by atoms with Gasteiger partial charge in [-0.3, -0.25) is 10.1 Å². The van der Waals surface area contributed by atoms with Gasteiger partial charge in [-0.2, -0.15) is 0 Å². The van der Waals surface area contributed by atoms with Gasteiger partial charge in [0.05, 0.1) is 6.54 Å². The Morgan fingerprint density at radius 2 is 2.00 bits per heavy atom. The highest BCUT2D eigenvalue weighted by atomic mass is 35.5. The number of hydrogen-bond acceptors (Lipinski definition) is 5. The molecule has 2 heterocycles. The summed E-state index contributed by atoms with van der Waals surface area (Å²) in [5, 5.41) is 12.4. The lowest BCUT2D eigenvalue weighted by Crippen LogP contribution is -2.23. The van der Waals surface area contributed by atoms with Crippen molar-refractivity contribution in [3.05, 3.63) is 62.8 Å². The molecule has 0 bridgehead atoms. The molecule has 3 N–H and O–H groups in total. The number of amides is 3. The molecule has 6 nitrogen and oxygen atoms in total. The van der Waals surface area contributed by atoms with E-state index < -0.39 is 6.03 Å². The van der Waals surface area contributed by atoms with E-state index in [9.17, 15) is 9.59 Å². The van der Waals surface area contributed by atoms with Crippen molar-refractivity contribution in [2.24, 2.45) is 0 Å². The van der Waals surface area contributed by atoms with Crippen LogP contribution in [0, 0.1) is 0 Å². The van der Waals surface area contributed by atoms with E-state index in [1.165, 1.54) is 11.3 Å². The van der Waals surface area contributed by atoms with Gasteiger partial charge in [0.1, 0.15) is 5.69 Å². The predicted octanol–water partition coefficient (Wildman–Crippen LogP) is 4.43. The topological polar surface area (TPSA) is 83.1 Å². The van der Waals surface area contributed by atoms with Crippen molar-refractivity contribution in [3.8, 4) is 0 Å². The Kier molecular flexibility index (Phi) is 5.64. The Balaban J connectivity index is 1.53. The summed E-state index contributed by atoms with van der Waals surface area (Å²) in [6, 6.07) is 10.2. The minimum Gasteiger partial charge on any atom is -0.346 e. The normalized spacial score (nSPS) is 10.3. The van der Waals surface area contributed by atoms with Crippen LogP contribution in [0.1, 0.15) is 15.4 Å². The number of rotatable bonds is 5. The third kappa shape index (κ3) is 5.02. The molecule has 1 aromatic carbocycles. The largest absolute Gasteiger partial charge is 0.346 e. The van der Waals surface area contributed by atoms with Gasteiger partial charge in [-0.1, -0.05) is 23.7 Å². The molecular weight excluding hydrogens is 380 g/mol. The smallest absolute Gasteiger partial charge is 0.325 e. The lowest BCUT2D eigenvalue weighted by atomic mass is 10.3. The lowest BCUT2D eigenvalue weighted by Gasteiger charge is -2.05. The standard InChI is InChI=1S/C16H13ClN4O2S2/c17-10-3-1-4-11(7-10)19-15(23)21-16-20-13(9-25-16)14(22)18-8-12-5-2-6-24-12/h1-7,9H,8H2,(H,18,22)(H2,19,20,21,23). The summed E-state index contributed by atoms with van der Waals surface area (Å²) < 4.78 is 0. The van der Waals surface area contributed by atoms with Crippen LogP contribution in [0.4, 0.5) is 15.6 Å². The number of nitrogens with one attached hydrogen (secondary N) is 3. The zero-order valence-electron chi connectivity index (χ0n) is 12.8. The molecule has 25 heavy (non-hydrogen) atoms. The Morgan fingerprint density at radius 3 is 2.76 bits per heavy atom. The maximum atomic E-state index is 12.1. The molecule has 0 aliphatic heterocycles. The van der Waals surface area contributed by atoms with E-state index in [0.29, 0.717) is 22.4 Å². The van der Waals surface area contributed by atoms with Crippen LogP contribution >= 0.6 is 34.3 Å². The number of hydrogen-bond donors (Lipinski definition) is 3. The molecule has 0 radical (unpaired) electrons. The molecule has 0 aliphatic rings. The van der Waals surface area contributed by atoms with E-state index in [1.807, 2.05) is 17.5 Å². The molecule has 3 aromatic rings. The number of aromatic nitrogens is 1. The van der Waals surface area contributed by atoms with E-state index in [-0.39, 0.29) is 11.6 Å². The van der Waals surface area contributed by atoms with E-state index in [1.54, 1.807) is 41.0 Å². The van der Waals surface area contributed by atoms with Crippen molar-refractivity contribution >= 4 is 57.0 Å². The molecule has 2 aromatic heterocycles. The van der Waals surface area contributed by atoms with E-state index in [2.05, 4.69) is 20.9 Å². The molecule has 0 unspecified atom stereocenters. The van der Waals surface area contributed by atoms with Gasteiger partial charge >= 0.3 is 6.03 Å². The zero-order chi connectivity index (χ0) is 17.6. The van der Waals surface area contributed by atoms with Crippen LogP contribution in [0.25, 0.3) is 0 Å². The number of nitrogens with zero attached hydrogens (tertiary/aromatic N) is 1. The van der Waals surface area contributed by atoms with Crippen LogP contribution in [0.15, 0.2) is 47.2 Å². The summed E-state index contributed by atoms with van der Waals surface area (Å²) in [6.07, 6.45) is 0. The predicted molar refractivity (Wildman–Crippen MR) is 102 cm³/mol. The number of carbonyl (C=O) groups is 2. The van der Waals surface area contributed by atoms with E-state index >= 15 is 0 Å². The van der Waals surface area contributed by atoms with Gasteiger partial charge in [-0.15, -0.1) is 22.7 Å². The molecular formula is C16H13ClN4O2S2. The minimum absolute atomic E-state index is 0.264. The SMILES string of the molecule is O=C(Nc1cccc(Cl)c1)Nc1nc(C(=O)NCc2cccs2)cs1. The number of carbonyl (C=O) groups excluding carboxylic acids is 2. The van der Waals surface area contributed by atoms with Crippen molar-refractivity contribution in [2.75, 3.05) is 10.6 Å². The van der Waals surface area contributed by atoms with Crippen LogP contribution in [0.3, 0.4) is 0 Å². The van der Waals surface area contributed by atoms with Gasteiger partial charge in [-0.05, 0) is 29.6 Å². The first-order chi connectivity index (χ1) is 12.1. The quantitative estimate of drug-likeness (QED) is 0.600. The van der Waals surface area contributed by atoms with Crippen LogP contribution in [-0.2, 0) is 6.54 Å². The number of thiophene rings is 1. The minimum atomic E-state index is -0.456. The van der Waals surface area contributed by atoms with Crippen LogP contribution in [0.5, 0.6) is 0 Å². The van der Waals surface area contributed by atoms with E-state index in [0.717, 1.165) is 4.88 Å². The Bertz CT molecular complexity index is 880. The molecule has 3 rings (SSSR count). The average molecular weight is 393 g/mol. The molecule has 0 aliphatic carbocycles. The summed E-state index contributed by atoms with van der Waals surface area (Å²) >= 11 is 8.61. The summed E-state index contributed by atoms with van der Waals surface area (Å²) in [5.74, 6) is -0.284. The molecule has 0 fully saturated rings. The van der Waals surface area contributed by atoms with Gasteiger partial charge in [0, 0.05) is 21.0 Å². The maximum absolute atomic E-state index is 12.1. The molecule has 128 valence electrons. The van der Waals surface area contributed by atoms with Gasteiger partial charge in [0.15, 0.2) is 5.13 Å². The lowest BCUT2D eigenvalue weighted by molar-refractivity contribution is 0.0947. The van der Waals surface area contributed by atoms with Crippen LogP contribution in [-0.4, -0.2) is 16.9 Å². The molecule has 0 atom stereocenters. The van der Waals surface area contributed by atoms with Gasteiger partial charge in [0.25, 0.3) is 5.91 Å². The summed E-state index contributed by atoms with van der Waals surface area (Å²) in [7, 11) is 0. The fraction of sp³-hybridized carbons (Fsp3) is 0.0625. The second-order valence-electron chi connectivity index (χ2n) is 4.89. The fourth-order valence-electron chi connectivity index (χ4n) is 1.93. The first-order valence-electron chi connectivity index (χ1n) is 7.20. The van der Waals surface area contributed by atoms with Crippen molar-refractivity contribution in [3.63, 3.8) is 0 Å². The Hall–Kier alpha value is -2.42. The van der Waals surface area contributed by atoms with E-state index in [4.69, 9.17) is 11.6 Å². The maximum Gasteiger partial charge on any atom is 0.325 e. The average Bonchev–Trinajstić information content (AvgIpc) is 3.24. The summed E-state index contributed by atoms with van der Waals surface area (Å²) in [5.41, 5.74) is 0.829. The number of thiazole rings is 1. The number of urea groups is 1. The van der Waals surface area contributed by atoms with Gasteiger partial charge in [-0.25, -0.2) is 9.78 Å². The second kappa shape index (κ2) is 8.11. The summed E-state index contributed by atoms with van der Waals surface area (Å²) in [6.45, 7) is 0.450. The number of anilines is 2. The fourth-order valence-corrected chi connectivity index (χ4v) is 3.45. The van der Waals surface area contributed by atoms with Crippen molar-refractivity contribution < 1.29 is 9.59 Å². The molecule has 0 saturated carbocycles. The number of benzene rings is 1. The zero-order valence-corrected chi connectivity index (χ0v) is 15.2. The monoisotopic (exact) mass is 392 g/mol. The third-order valence-corrected chi connectivity index (χ3v) is 4.91. The highest BCUT2D eigenvalue weighted by Gasteiger charge is 2.12. The van der Waals surface area contributed by atoms with Crippen molar-refractivity contribution in [1.82, 2.24) is 10.3 Å². The highest BCUT2D eigenvalue weighted by Crippen LogP contribution is 2.18. The first-order valence-corrected chi connectivity index (χ1v) is 9.33.